The summed E-state index contributed by atoms with van der Waals surface area (Å²) in [5, 5.41) is 4.33. The predicted molar refractivity (Wildman–Crippen MR) is 55.3 cm³/mol. The van der Waals surface area contributed by atoms with Gasteiger partial charge < -0.3 is 4.90 Å². The Morgan fingerprint density at radius 3 is 2.69 bits per heavy atom. The minimum Gasteiger partial charge on any atom is -0.369 e. The Balaban J connectivity index is 2.14. The Morgan fingerprint density at radius 1 is 1.23 bits per heavy atom. The predicted octanol–water partition coefficient (Wildman–Crippen LogP) is 1.42. The van der Waals surface area contributed by atoms with Crippen LogP contribution in [0.2, 0.25) is 0 Å². The summed E-state index contributed by atoms with van der Waals surface area (Å²) in [7, 11) is 0. The van der Waals surface area contributed by atoms with E-state index >= 15 is 0 Å². The first-order valence-electron chi connectivity index (χ1n) is 4.81. The van der Waals surface area contributed by atoms with Crippen LogP contribution in [0.1, 0.15) is 5.56 Å². The fourth-order valence-electron chi connectivity index (χ4n) is 1.69. The van der Waals surface area contributed by atoms with Gasteiger partial charge >= 0.3 is 0 Å². The maximum Gasteiger partial charge on any atom is 0.0369 e. The molecule has 1 fully saturated rings. The highest BCUT2D eigenvalue weighted by Gasteiger charge is 2.10. The van der Waals surface area contributed by atoms with Gasteiger partial charge in [-0.25, -0.2) is 5.32 Å². The van der Waals surface area contributed by atoms with Crippen LogP contribution in [-0.4, -0.2) is 26.2 Å². The topological polar surface area (TPSA) is 17.3 Å². The molecule has 0 N–H and O–H groups in total. The Labute approximate surface area is 79.6 Å². The van der Waals surface area contributed by atoms with Crippen LogP contribution in [0.3, 0.4) is 0 Å². The van der Waals surface area contributed by atoms with Crippen LogP contribution in [0, 0.1) is 6.92 Å². The van der Waals surface area contributed by atoms with Crippen molar-refractivity contribution in [1.29, 1.82) is 0 Å². The zero-order chi connectivity index (χ0) is 9.10. The zero-order valence-corrected chi connectivity index (χ0v) is 8.03. The minimum atomic E-state index is 0.980. The molecule has 2 heteroatoms. The molecule has 0 unspecified atom stereocenters. The largest absolute Gasteiger partial charge is 0.369 e. The smallest absolute Gasteiger partial charge is 0.0369 e. The molecule has 0 amide bonds. The van der Waals surface area contributed by atoms with Gasteiger partial charge in [-0.15, -0.1) is 0 Å². The lowest BCUT2D eigenvalue weighted by Gasteiger charge is -2.28. The second-order valence-electron chi connectivity index (χ2n) is 3.50. The van der Waals surface area contributed by atoms with Crippen LogP contribution in [0.15, 0.2) is 24.3 Å². The number of benzene rings is 1. The monoisotopic (exact) mass is 175 g/mol. The molecule has 2 rings (SSSR count). The lowest BCUT2D eigenvalue weighted by atomic mass is 10.2. The molecule has 1 aromatic rings. The number of hydrogen-bond donors (Lipinski definition) is 0. The van der Waals surface area contributed by atoms with E-state index in [0.29, 0.717) is 0 Å². The first-order chi connectivity index (χ1) is 6.36. The van der Waals surface area contributed by atoms with E-state index in [1.807, 2.05) is 0 Å². The van der Waals surface area contributed by atoms with Crippen LogP contribution in [0.4, 0.5) is 5.69 Å². The molecular formula is C11H15N2. The summed E-state index contributed by atoms with van der Waals surface area (Å²) < 4.78 is 0. The van der Waals surface area contributed by atoms with Crippen LogP contribution >= 0.6 is 0 Å². The third-order valence-corrected chi connectivity index (χ3v) is 2.42. The lowest BCUT2D eigenvalue weighted by Crippen LogP contribution is -2.40. The summed E-state index contributed by atoms with van der Waals surface area (Å²) in [6, 6.07) is 8.68. The van der Waals surface area contributed by atoms with Crippen LogP contribution in [0.5, 0.6) is 0 Å². The molecule has 0 spiro atoms. The van der Waals surface area contributed by atoms with E-state index in [2.05, 4.69) is 41.4 Å². The van der Waals surface area contributed by atoms with Crippen molar-refractivity contribution in [1.82, 2.24) is 5.32 Å². The number of hydrogen-bond acceptors (Lipinski definition) is 1. The molecule has 13 heavy (non-hydrogen) atoms. The molecule has 1 saturated heterocycles. The summed E-state index contributed by atoms with van der Waals surface area (Å²) in [5.74, 6) is 0. The molecule has 0 bridgehead atoms. The summed E-state index contributed by atoms with van der Waals surface area (Å²) in [5.41, 5.74) is 2.68. The fraction of sp³-hybridized carbons (Fsp3) is 0.455. The van der Waals surface area contributed by atoms with Gasteiger partial charge in [0.1, 0.15) is 0 Å². The normalized spacial score (nSPS) is 17.5. The van der Waals surface area contributed by atoms with Crippen molar-refractivity contribution in [2.24, 2.45) is 0 Å². The molecule has 1 radical (unpaired) electrons. The average molecular weight is 175 g/mol. The van der Waals surface area contributed by atoms with Gasteiger partial charge in [0.25, 0.3) is 0 Å². The molecule has 1 aromatic carbocycles. The maximum atomic E-state index is 4.33. The molecule has 1 aliphatic heterocycles. The summed E-state index contributed by atoms with van der Waals surface area (Å²) in [4.78, 5) is 2.40. The molecule has 1 heterocycles. The molecule has 2 nitrogen and oxygen atoms in total. The van der Waals surface area contributed by atoms with E-state index in [4.69, 9.17) is 0 Å². The highest BCUT2D eigenvalue weighted by atomic mass is 15.2. The number of aryl methyl sites for hydroxylation is 1. The van der Waals surface area contributed by atoms with Crippen LogP contribution < -0.4 is 10.2 Å². The zero-order valence-electron chi connectivity index (χ0n) is 8.03. The van der Waals surface area contributed by atoms with Gasteiger partial charge in [0.05, 0.1) is 0 Å². The second-order valence-corrected chi connectivity index (χ2v) is 3.50. The average Bonchev–Trinajstić information content (AvgIpc) is 2.19. The first-order valence-corrected chi connectivity index (χ1v) is 4.81. The van der Waals surface area contributed by atoms with Gasteiger partial charge in [0.2, 0.25) is 0 Å². The van der Waals surface area contributed by atoms with Crippen molar-refractivity contribution in [3.8, 4) is 0 Å². The highest BCUT2D eigenvalue weighted by Crippen LogP contribution is 2.15. The van der Waals surface area contributed by atoms with E-state index in [9.17, 15) is 0 Å². The summed E-state index contributed by atoms with van der Waals surface area (Å²) in [6.45, 7) is 6.24. The van der Waals surface area contributed by atoms with E-state index in [1.54, 1.807) is 0 Å². The second kappa shape index (κ2) is 3.79. The Bertz CT molecular complexity index is 277. The molecule has 0 aromatic heterocycles. The third kappa shape index (κ3) is 2.01. The number of rotatable bonds is 1. The van der Waals surface area contributed by atoms with E-state index in [1.165, 1.54) is 11.3 Å². The summed E-state index contributed by atoms with van der Waals surface area (Å²) >= 11 is 0. The van der Waals surface area contributed by atoms with Crippen LogP contribution in [-0.2, 0) is 0 Å². The SMILES string of the molecule is Cc1cccc(N2CC[N]CC2)c1. The van der Waals surface area contributed by atoms with Gasteiger partial charge in [-0.05, 0) is 24.6 Å². The Morgan fingerprint density at radius 2 is 2.00 bits per heavy atom. The standard InChI is InChI=1S/C11H15N2/c1-10-3-2-4-11(9-10)13-7-5-12-6-8-13/h2-4,9H,5-8H2,1H3. The van der Waals surface area contributed by atoms with Crippen molar-refractivity contribution < 1.29 is 0 Å². The van der Waals surface area contributed by atoms with Gasteiger partial charge in [-0.2, -0.15) is 0 Å². The number of nitrogens with zero attached hydrogens (tertiary/aromatic N) is 2. The van der Waals surface area contributed by atoms with E-state index in [-0.39, 0.29) is 0 Å². The summed E-state index contributed by atoms with van der Waals surface area (Å²) in [6.07, 6.45) is 0. The number of piperazine rings is 1. The van der Waals surface area contributed by atoms with Gasteiger partial charge in [-0.1, -0.05) is 12.1 Å². The minimum absolute atomic E-state index is 0.980. The van der Waals surface area contributed by atoms with Crippen molar-refractivity contribution in [2.75, 3.05) is 31.1 Å². The molecular weight excluding hydrogens is 160 g/mol. The van der Waals surface area contributed by atoms with Crippen molar-refractivity contribution in [3.05, 3.63) is 29.8 Å². The van der Waals surface area contributed by atoms with Crippen molar-refractivity contribution in [3.63, 3.8) is 0 Å². The number of anilines is 1. The molecule has 0 saturated carbocycles. The van der Waals surface area contributed by atoms with Crippen molar-refractivity contribution >= 4 is 5.69 Å². The van der Waals surface area contributed by atoms with Gasteiger partial charge in [-0.3, -0.25) is 0 Å². The molecule has 0 atom stereocenters. The van der Waals surface area contributed by atoms with Gasteiger partial charge in [0.15, 0.2) is 0 Å². The Kier molecular flexibility index (Phi) is 2.50. The molecule has 0 aliphatic carbocycles. The first kappa shape index (κ1) is 8.57. The van der Waals surface area contributed by atoms with E-state index in [0.717, 1.165) is 26.2 Å². The van der Waals surface area contributed by atoms with Gasteiger partial charge in [0, 0.05) is 31.9 Å². The third-order valence-electron chi connectivity index (χ3n) is 2.42. The maximum absolute atomic E-state index is 4.33. The molecule has 1 aliphatic rings. The molecule has 69 valence electrons. The van der Waals surface area contributed by atoms with E-state index < -0.39 is 0 Å². The lowest BCUT2D eigenvalue weighted by molar-refractivity contribution is 0.579. The fourth-order valence-corrected chi connectivity index (χ4v) is 1.69. The quantitative estimate of drug-likeness (QED) is 0.631. The van der Waals surface area contributed by atoms with Crippen LogP contribution in [0.25, 0.3) is 0 Å². The highest BCUT2D eigenvalue weighted by molar-refractivity contribution is 5.48. The van der Waals surface area contributed by atoms with Crippen molar-refractivity contribution in [2.45, 2.75) is 6.92 Å². The Hall–Kier alpha value is -1.02.